The molecule has 2 N–H and O–H groups in total. The number of hydrogen-bond acceptors (Lipinski definition) is 7. The summed E-state index contributed by atoms with van der Waals surface area (Å²) in [6, 6.07) is 2.66. The molecule has 1 aromatic heterocycles. The fraction of sp³-hybridized carbons (Fsp3) is 0.556. The summed E-state index contributed by atoms with van der Waals surface area (Å²) in [6.45, 7) is 9.64. The first-order valence-corrected chi connectivity index (χ1v) is 13.7. The van der Waals surface area contributed by atoms with E-state index in [9.17, 15) is 9.59 Å². The van der Waals surface area contributed by atoms with Gasteiger partial charge in [-0.1, -0.05) is 18.5 Å². The van der Waals surface area contributed by atoms with Crippen LogP contribution in [0.15, 0.2) is 18.3 Å². The van der Waals surface area contributed by atoms with Gasteiger partial charge in [0, 0.05) is 38.8 Å². The van der Waals surface area contributed by atoms with E-state index in [0.29, 0.717) is 18.1 Å². The van der Waals surface area contributed by atoms with Crippen LogP contribution in [0.2, 0.25) is 5.02 Å². The molecule has 0 unspecified atom stereocenters. The summed E-state index contributed by atoms with van der Waals surface area (Å²) in [4.78, 5) is 41.1. The molecular formula is C27H35ClFN7O2. The van der Waals surface area contributed by atoms with Crippen molar-refractivity contribution in [1.29, 1.82) is 0 Å². The molecule has 3 aliphatic rings. The summed E-state index contributed by atoms with van der Waals surface area (Å²) < 4.78 is 15.1. The third-order valence-electron chi connectivity index (χ3n) is 8.01. The van der Waals surface area contributed by atoms with Gasteiger partial charge < -0.3 is 25.3 Å². The zero-order valence-corrected chi connectivity index (χ0v) is 23.1. The van der Waals surface area contributed by atoms with E-state index in [4.69, 9.17) is 16.6 Å². The molecule has 1 aliphatic carbocycles. The van der Waals surface area contributed by atoms with Crippen LogP contribution < -0.4 is 20.4 Å². The van der Waals surface area contributed by atoms with Crippen molar-refractivity contribution < 1.29 is 14.0 Å². The van der Waals surface area contributed by atoms with Crippen molar-refractivity contribution in [3.63, 3.8) is 0 Å². The minimum atomic E-state index is -0.681. The highest BCUT2D eigenvalue weighted by Crippen LogP contribution is 2.52. The van der Waals surface area contributed by atoms with Crippen molar-refractivity contribution in [3.8, 4) is 0 Å². The second-order valence-electron chi connectivity index (χ2n) is 10.9. The van der Waals surface area contributed by atoms with Gasteiger partial charge in [0.15, 0.2) is 5.82 Å². The summed E-state index contributed by atoms with van der Waals surface area (Å²) in [7, 11) is 1.75. The summed E-state index contributed by atoms with van der Waals surface area (Å²) in [5.74, 6) is -0.204. The summed E-state index contributed by atoms with van der Waals surface area (Å²) in [5.41, 5.74) is 0.419. The van der Waals surface area contributed by atoms with Gasteiger partial charge in [0.05, 0.1) is 27.9 Å². The first-order chi connectivity index (χ1) is 18.1. The molecule has 1 saturated carbocycles. The van der Waals surface area contributed by atoms with Crippen molar-refractivity contribution in [3.05, 3.63) is 34.7 Å². The van der Waals surface area contributed by atoms with Crippen LogP contribution in [-0.2, 0) is 4.79 Å². The first-order valence-electron chi connectivity index (χ1n) is 13.3. The number of benzene rings is 1. The van der Waals surface area contributed by atoms with Gasteiger partial charge >= 0.3 is 0 Å². The number of piperidine rings is 1. The Bertz CT molecular complexity index is 1240. The monoisotopic (exact) mass is 543 g/mol. The maximum Gasteiger partial charge on any atom is 0.254 e. The summed E-state index contributed by atoms with van der Waals surface area (Å²) >= 11 is 6.48. The van der Waals surface area contributed by atoms with Gasteiger partial charge in [-0.05, 0) is 58.2 Å². The Hall–Kier alpha value is -2.98. The second kappa shape index (κ2) is 10.3. The van der Waals surface area contributed by atoms with E-state index in [2.05, 4.69) is 46.2 Å². The van der Waals surface area contributed by atoms with E-state index < -0.39 is 11.7 Å². The van der Waals surface area contributed by atoms with E-state index in [1.165, 1.54) is 12.1 Å². The van der Waals surface area contributed by atoms with Crippen LogP contribution in [0.4, 0.5) is 27.5 Å². The molecule has 0 radical (unpaired) electrons. The van der Waals surface area contributed by atoms with Gasteiger partial charge in [-0.25, -0.2) is 9.37 Å². The molecule has 0 bridgehead atoms. The van der Waals surface area contributed by atoms with Crippen molar-refractivity contribution >= 4 is 46.6 Å². The number of likely N-dealkylation sites (tertiary alicyclic amines) is 1. The predicted molar refractivity (Wildman–Crippen MR) is 147 cm³/mol. The van der Waals surface area contributed by atoms with E-state index in [1.54, 1.807) is 18.1 Å². The van der Waals surface area contributed by atoms with Gasteiger partial charge in [0.25, 0.3) is 5.91 Å². The Morgan fingerprint density at radius 2 is 1.97 bits per heavy atom. The minimum absolute atomic E-state index is 0.0120. The van der Waals surface area contributed by atoms with Crippen LogP contribution in [0.25, 0.3) is 0 Å². The lowest BCUT2D eigenvalue weighted by molar-refractivity contribution is -0.122. The van der Waals surface area contributed by atoms with Crippen molar-refractivity contribution in [1.82, 2.24) is 20.2 Å². The highest BCUT2D eigenvalue weighted by atomic mass is 35.5. The number of carbonyl (C=O) groups excluding carboxylic acids is 2. The molecule has 2 aliphatic heterocycles. The number of rotatable bonds is 6. The van der Waals surface area contributed by atoms with E-state index >= 15 is 4.39 Å². The highest BCUT2D eigenvalue weighted by molar-refractivity contribution is 6.33. The van der Waals surface area contributed by atoms with Crippen molar-refractivity contribution in [2.45, 2.75) is 58.5 Å². The van der Waals surface area contributed by atoms with Crippen LogP contribution in [0, 0.1) is 11.2 Å². The standard InChI is InChI=1S/C27H35ClFN7O2/c1-5-35-10-6-17(7-11-35)31-24(37)18-12-19(28)21(13-20(18)29)32-26-30-14-22-23(33-26)36(16(2)3)15-27(8-9-27)25(38)34(22)4/h12-14,16-17H,5-11,15H2,1-4H3,(H,31,37)(H,30,32,33). The zero-order chi connectivity index (χ0) is 27.2. The summed E-state index contributed by atoms with van der Waals surface area (Å²) in [5, 5.41) is 6.13. The van der Waals surface area contributed by atoms with Gasteiger partial charge in [-0.3, -0.25) is 9.59 Å². The Morgan fingerprint density at radius 3 is 2.61 bits per heavy atom. The van der Waals surface area contributed by atoms with Crippen LogP contribution in [0.5, 0.6) is 0 Å². The maximum absolute atomic E-state index is 15.1. The molecule has 2 aromatic rings. The molecule has 38 heavy (non-hydrogen) atoms. The van der Waals surface area contributed by atoms with Gasteiger partial charge in [-0.15, -0.1) is 0 Å². The number of aromatic nitrogens is 2. The van der Waals surface area contributed by atoms with E-state index in [0.717, 1.165) is 45.3 Å². The Kier molecular flexibility index (Phi) is 7.21. The molecule has 3 heterocycles. The predicted octanol–water partition coefficient (Wildman–Crippen LogP) is 4.20. The first kappa shape index (κ1) is 26.6. The quantitative estimate of drug-likeness (QED) is 0.564. The SMILES string of the molecule is CCN1CCC(NC(=O)c2cc(Cl)c(Nc3ncc4c(n3)N(C(C)C)CC3(CC3)C(=O)N4C)cc2F)CC1. The Morgan fingerprint density at radius 1 is 1.26 bits per heavy atom. The molecule has 2 amide bonds. The normalized spacial score (nSPS) is 19.5. The molecule has 9 nitrogen and oxygen atoms in total. The third kappa shape index (κ3) is 5.03. The van der Waals surface area contributed by atoms with Crippen LogP contribution in [0.3, 0.4) is 0 Å². The molecule has 11 heteroatoms. The Balaban J connectivity index is 1.35. The molecule has 204 valence electrons. The van der Waals surface area contributed by atoms with Crippen LogP contribution >= 0.6 is 11.6 Å². The lowest BCUT2D eigenvalue weighted by Crippen LogP contribution is -2.44. The summed E-state index contributed by atoms with van der Waals surface area (Å²) in [6.07, 6.45) is 4.99. The van der Waals surface area contributed by atoms with Gasteiger partial charge in [0.2, 0.25) is 11.9 Å². The number of fused-ring (bicyclic) bond motifs is 1. The average Bonchev–Trinajstić information content (AvgIpc) is 3.70. The largest absolute Gasteiger partial charge is 0.351 e. The van der Waals surface area contributed by atoms with Crippen molar-refractivity contribution in [2.24, 2.45) is 5.41 Å². The van der Waals surface area contributed by atoms with Gasteiger partial charge in [0.1, 0.15) is 11.5 Å². The number of carbonyl (C=O) groups is 2. The molecule has 1 aromatic carbocycles. The number of nitrogens with one attached hydrogen (secondary N) is 2. The van der Waals surface area contributed by atoms with Crippen LogP contribution in [-0.4, -0.2) is 72.0 Å². The molecule has 2 fully saturated rings. The topological polar surface area (TPSA) is 93.7 Å². The minimum Gasteiger partial charge on any atom is -0.351 e. The fourth-order valence-electron chi connectivity index (χ4n) is 5.35. The lowest BCUT2D eigenvalue weighted by atomic mass is 10.0. The fourth-order valence-corrected chi connectivity index (χ4v) is 5.56. The molecule has 0 atom stereocenters. The number of halogens is 2. The molecular weight excluding hydrogens is 509 g/mol. The smallest absolute Gasteiger partial charge is 0.254 e. The Labute approximate surface area is 227 Å². The average molecular weight is 544 g/mol. The van der Waals surface area contributed by atoms with E-state index in [1.807, 2.05) is 0 Å². The number of amides is 2. The molecule has 5 rings (SSSR count). The zero-order valence-electron chi connectivity index (χ0n) is 22.4. The molecule has 1 saturated heterocycles. The highest BCUT2D eigenvalue weighted by Gasteiger charge is 2.54. The lowest BCUT2D eigenvalue weighted by Gasteiger charge is -2.31. The van der Waals surface area contributed by atoms with Crippen molar-refractivity contribution in [2.75, 3.05) is 48.3 Å². The third-order valence-corrected chi connectivity index (χ3v) is 8.32. The number of anilines is 4. The second-order valence-corrected chi connectivity index (χ2v) is 11.3. The van der Waals surface area contributed by atoms with Crippen LogP contribution in [0.1, 0.15) is 56.8 Å². The molecule has 1 spiro atoms. The number of hydrogen-bond donors (Lipinski definition) is 2. The number of nitrogens with zero attached hydrogens (tertiary/aromatic N) is 5. The van der Waals surface area contributed by atoms with E-state index in [-0.39, 0.29) is 45.6 Å². The maximum atomic E-state index is 15.1. The van der Waals surface area contributed by atoms with Gasteiger partial charge in [-0.2, -0.15) is 4.98 Å².